The van der Waals surface area contributed by atoms with Gasteiger partial charge in [0.15, 0.2) is 0 Å². The van der Waals surface area contributed by atoms with E-state index in [1.165, 1.54) is 16.7 Å². The minimum absolute atomic E-state index is 0.646. The van der Waals surface area contributed by atoms with Gasteiger partial charge in [0.2, 0.25) is 0 Å². The molecule has 0 bridgehead atoms. The summed E-state index contributed by atoms with van der Waals surface area (Å²) in [6, 6.07) is 17.5. The van der Waals surface area contributed by atoms with Crippen LogP contribution in [-0.4, -0.2) is 52.9 Å². The van der Waals surface area contributed by atoms with Crippen molar-refractivity contribution in [3.63, 3.8) is 0 Å². The molecule has 0 radical (unpaired) electrons. The minimum atomic E-state index is 0.646. The van der Waals surface area contributed by atoms with Crippen molar-refractivity contribution in [3.05, 3.63) is 101 Å². The SMILES string of the molecule is C/C=C(/C(=C\CC)NCc1ccc(ONN2CCC(N(C)C)CC2)cc1)c1cnn(-c2ccc(C)cc2)c1/C=C(\C)CC. The van der Waals surface area contributed by atoms with Gasteiger partial charge in [-0.05, 0) is 96.5 Å². The third-order valence-electron chi connectivity index (χ3n) is 8.20. The summed E-state index contributed by atoms with van der Waals surface area (Å²) in [5.74, 6) is 0.809. The Morgan fingerprint density at radius 2 is 1.74 bits per heavy atom. The maximum absolute atomic E-state index is 5.88. The molecule has 0 amide bonds. The van der Waals surface area contributed by atoms with Crippen LogP contribution in [0.4, 0.5) is 0 Å². The first-order valence-corrected chi connectivity index (χ1v) is 15.7. The molecule has 7 nitrogen and oxygen atoms in total. The van der Waals surface area contributed by atoms with E-state index in [9.17, 15) is 0 Å². The second kappa shape index (κ2) is 15.7. The zero-order valence-corrected chi connectivity index (χ0v) is 27.2. The van der Waals surface area contributed by atoms with Gasteiger partial charge < -0.3 is 15.1 Å². The van der Waals surface area contributed by atoms with Crippen LogP contribution in [0.25, 0.3) is 17.3 Å². The normalized spacial score (nSPS) is 15.8. The molecule has 1 aliphatic rings. The van der Waals surface area contributed by atoms with Gasteiger partial charge in [-0.15, -0.1) is 0 Å². The predicted octanol–water partition coefficient (Wildman–Crippen LogP) is 7.31. The van der Waals surface area contributed by atoms with E-state index in [1.807, 2.05) is 18.3 Å². The van der Waals surface area contributed by atoms with E-state index in [4.69, 9.17) is 9.94 Å². The zero-order chi connectivity index (χ0) is 30.8. The number of hydrogen-bond donors (Lipinski definition) is 2. The van der Waals surface area contributed by atoms with Crippen LogP contribution in [0.1, 0.15) is 75.8 Å². The number of rotatable bonds is 13. The number of aryl methyl sites for hydroxylation is 1. The first kappa shape index (κ1) is 32.3. The van der Waals surface area contributed by atoms with Crippen LogP contribution in [-0.2, 0) is 6.54 Å². The lowest BCUT2D eigenvalue weighted by Gasteiger charge is -2.34. The Labute approximate surface area is 258 Å². The van der Waals surface area contributed by atoms with Crippen molar-refractivity contribution in [1.29, 1.82) is 0 Å². The van der Waals surface area contributed by atoms with E-state index >= 15 is 0 Å². The molecule has 230 valence electrons. The predicted molar refractivity (Wildman–Crippen MR) is 180 cm³/mol. The summed E-state index contributed by atoms with van der Waals surface area (Å²) in [7, 11) is 4.31. The highest BCUT2D eigenvalue weighted by molar-refractivity contribution is 5.83. The van der Waals surface area contributed by atoms with Crippen LogP contribution in [0, 0.1) is 6.92 Å². The Morgan fingerprint density at radius 1 is 1.05 bits per heavy atom. The lowest BCUT2D eigenvalue weighted by atomic mass is 10.00. The van der Waals surface area contributed by atoms with Crippen molar-refractivity contribution < 1.29 is 4.84 Å². The first-order valence-electron chi connectivity index (χ1n) is 15.7. The number of nitrogens with one attached hydrogen (secondary N) is 2. The van der Waals surface area contributed by atoms with Gasteiger partial charge in [-0.3, -0.25) is 0 Å². The van der Waals surface area contributed by atoms with Crippen molar-refractivity contribution in [2.45, 2.75) is 72.9 Å². The molecule has 1 aliphatic heterocycles. The van der Waals surface area contributed by atoms with Crippen LogP contribution in [0.5, 0.6) is 5.75 Å². The fraction of sp³-hybridized carbons (Fsp3) is 0.417. The Kier molecular flexibility index (Phi) is 11.8. The van der Waals surface area contributed by atoms with Crippen LogP contribution in [0.3, 0.4) is 0 Å². The molecule has 2 aromatic carbocycles. The third-order valence-corrected chi connectivity index (χ3v) is 8.20. The molecule has 1 fully saturated rings. The highest BCUT2D eigenvalue weighted by Crippen LogP contribution is 2.29. The van der Waals surface area contributed by atoms with Gasteiger partial charge in [-0.2, -0.15) is 5.10 Å². The highest BCUT2D eigenvalue weighted by atomic mass is 16.7. The zero-order valence-electron chi connectivity index (χ0n) is 27.2. The van der Waals surface area contributed by atoms with E-state index in [0.29, 0.717) is 12.6 Å². The molecule has 0 saturated carbocycles. The number of hydrogen-bond acceptors (Lipinski definition) is 6. The van der Waals surface area contributed by atoms with Crippen LogP contribution in [0.15, 0.2) is 78.1 Å². The van der Waals surface area contributed by atoms with Crippen molar-refractivity contribution in [2.24, 2.45) is 0 Å². The van der Waals surface area contributed by atoms with Gasteiger partial charge in [0.1, 0.15) is 5.75 Å². The summed E-state index contributed by atoms with van der Waals surface area (Å²) >= 11 is 0. The molecule has 2 heterocycles. The Morgan fingerprint density at radius 3 is 2.35 bits per heavy atom. The molecule has 4 rings (SSSR count). The summed E-state index contributed by atoms with van der Waals surface area (Å²) in [4.78, 5) is 8.19. The second-order valence-corrected chi connectivity index (χ2v) is 11.6. The molecule has 0 atom stereocenters. The average molecular weight is 583 g/mol. The minimum Gasteiger partial charge on any atom is -0.394 e. The van der Waals surface area contributed by atoms with E-state index in [0.717, 1.165) is 72.7 Å². The fourth-order valence-electron chi connectivity index (χ4n) is 5.33. The largest absolute Gasteiger partial charge is 0.394 e. The van der Waals surface area contributed by atoms with Crippen molar-refractivity contribution >= 4 is 11.6 Å². The number of piperidine rings is 1. The second-order valence-electron chi connectivity index (χ2n) is 11.6. The summed E-state index contributed by atoms with van der Waals surface area (Å²) in [6.45, 7) is 13.4. The number of allylic oxidation sites excluding steroid dienone is 4. The highest BCUT2D eigenvalue weighted by Gasteiger charge is 2.21. The van der Waals surface area contributed by atoms with Crippen LogP contribution in [0.2, 0.25) is 0 Å². The van der Waals surface area contributed by atoms with E-state index in [-0.39, 0.29) is 0 Å². The lowest BCUT2D eigenvalue weighted by Crippen LogP contribution is -2.49. The number of nitrogens with zero attached hydrogens (tertiary/aromatic N) is 4. The molecule has 2 N–H and O–H groups in total. The summed E-state index contributed by atoms with van der Waals surface area (Å²) in [6.07, 6.45) is 12.9. The molecule has 0 aliphatic carbocycles. The molecule has 1 aromatic heterocycles. The Hall–Kier alpha value is -3.65. The molecule has 3 aromatic rings. The van der Waals surface area contributed by atoms with Crippen molar-refractivity contribution in [3.8, 4) is 11.4 Å². The van der Waals surface area contributed by atoms with Gasteiger partial charge >= 0.3 is 0 Å². The summed E-state index contributed by atoms with van der Waals surface area (Å²) < 4.78 is 2.05. The molecule has 0 spiro atoms. The van der Waals surface area contributed by atoms with Gasteiger partial charge in [0.25, 0.3) is 0 Å². The fourth-order valence-corrected chi connectivity index (χ4v) is 5.33. The van der Waals surface area contributed by atoms with Crippen molar-refractivity contribution in [2.75, 3.05) is 27.2 Å². The Balaban J connectivity index is 1.45. The maximum Gasteiger partial charge on any atom is 0.149 e. The Bertz CT molecular complexity index is 1390. The molecule has 7 heteroatoms. The average Bonchev–Trinajstić information content (AvgIpc) is 3.42. The molecule has 43 heavy (non-hydrogen) atoms. The van der Waals surface area contributed by atoms with Crippen LogP contribution < -0.4 is 15.7 Å². The smallest absolute Gasteiger partial charge is 0.149 e. The van der Waals surface area contributed by atoms with E-state index in [1.54, 1.807) is 0 Å². The third kappa shape index (κ3) is 8.69. The standard InChI is InChI=1S/C36H50N6O/c1-8-11-35(37-25-29-14-18-32(19-15-29)43-39-41-22-20-30(21-23-41)40(6)7)33(10-3)34-26-38-42(36(34)24-27(4)9-2)31-16-12-28(5)13-17-31/h10-19,24,26,30,37,39H,8-9,20-23,25H2,1-7H3/b27-24+,33-10+,35-11+. The van der Waals surface area contributed by atoms with Gasteiger partial charge in [-0.1, -0.05) is 67.0 Å². The van der Waals surface area contributed by atoms with Gasteiger partial charge in [0.05, 0.1) is 17.6 Å². The monoisotopic (exact) mass is 582 g/mol. The molecule has 0 unspecified atom stereocenters. The van der Waals surface area contributed by atoms with E-state index in [2.05, 4.69) is 129 Å². The van der Waals surface area contributed by atoms with Crippen LogP contribution >= 0.6 is 0 Å². The number of aromatic nitrogens is 2. The quantitative estimate of drug-likeness (QED) is 0.163. The van der Waals surface area contributed by atoms with Gasteiger partial charge in [0, 0.05) is 42.5 Å². The first-order chi connectivity index (χ1) is 20.8. The summed E-state index contributed by atoms with van der Waals surface area (Å²) in [5.41, 5.74) is 12.4. The van der Waals surface area contributed by atoms with Gasteiger partial charge in [-0.25, -0.2) is 9.69 Å². The topological polar surface area (TPSA) is 57.6 Å². The summed E-state index contributed by atoms with van der Waals surface area (Å²) in [5, 5.41) is 10.7. The number of benzene rings is 2. The lowest BCUT2D eigenvalue weighted by molar-refractivity contribution is -0.0221. The van der Waals surface area contributed by atoms with Crippen molar-refractivity contribution in [1.82, 2.24) is 30.6 Å². The maximum atomic E-state index is 5.88. The van der Waals surface area contributed by atoms with E-state index < -0.39 is 0 Å². The number of hydrazine groups is 1. The molecule has 1 saturated heterocycles. The molecular formula is C36H50N6O. The molecular weight excluding hydrogens is 532 g/mol.